The summed E-state index contributed by atoms with van der Waals surface area (Å²) in [6, 6.07) is 6.97. The van der Waals surface area contributed by atoms with Crippen molar-refractivity contribution in [3.05, 3.63) is 46.3 Å². The van der Waals surface area contributed by atoms with E-state index in [0.29, 0.717) is 20.9 Å². The maximum Gasteiger partial charge on any atom is 0.234 e. The number of aryl methyl sites for hydroxylation is 1. The first-order valence-electron chi connectivity index (χ1n) is 8.35. The Morgan fingerprint density at radius 2 is 2.11 bits per heavy atom. The van der Waals surface area contributed by atoms with Gasteiger partial charge in [0.2, 0.25) is 5.91 Å². The van der Waals surface area contributed by atoms with Gasteiger partial charge in [-0.1, -0.05) is 48.0 Å². The second kappa shape index (κ2) is 8.82. The molecule has 0 saturated heterocycles. The van der Waals surface area contributed by atoms with Crippen molar-refractivity contribution >= 4 is 46.6 Å². The van der Waals surface area contributed by atoms with Crippen LogP contribution in [0.4, 0.5) is 5.69 Å². The Kier molecular flexibility index (Phi) is 6.46. The zero-order chi connectivity index (χ0) is 19.4. The van der Waals surface area contributed by atoms with E-state index in [2.05, 4.69) is 22.4 Å². The van der Waals surface area contributed by atoms with Gasteiger partial charge >= 0.3 is 0 Å². The summed E-state index contributed by atoms with van der Waals surface area (Å²) in [5.74, 6) is 1.50. The van der Waals surface area contributed by atoms with Crippen molar-refractivity contribution in [2.75, 3.05) is 11.1 Å². The molecule has 0 aliphatic carbocycles. The molecule has 1 amide bonds. The van der Waals surface area contributed by atoms with Crippen LogP contribution >= 0.6 is 35.0 Å². The number of nitrogens with one attached hydrogen (secondary N) is 1. The lowest BCUT2D eigenvalue weighted by molar-refractivity contribution is -0.113. The number of amides is 1. The molecule has 0 unspecified atom stereocenters. The Bertz CT molecular complexity index is 955. The molecule has 0 radical (unpaired) electrons. The summed E-state index contributed by atoms with van der Waals surface area (Å²) >= 11 is 13.4. The van der Waals surface area contributed by atoms with Gasteiger partial charge in [0.25, 0.3) is 0 Å². The van der Waals surface area contributed by atoms with Crippen molar-refractivity contribution in [1.82, 2.24) is 14.8 Å². The van der Waals surface area contributed by atoms with Gasteiger partial charge in [-0.2, -0.15) is 0 Å². The van der Waals surface area contributed by atoms with Gasteiger partial charge in [-0.25, -0.2) is 0 Å². The first-order valence-corrected chi connectivity index (χ1v) is 10.1. The average Bonchev–Trinajstić information content (AvgIpc) is 3.23. The predicted molar refractivity (Wildman–Crippen MR) is 109 cm³/mol. The normalized spacial score (nSPS) is 11.0. The molecule has 0 atom stereocenters. The van der Waals surface area contributed by atoms with E-state index >= 15 is 0 Å². The topological polar surface area (TPSA) is 73.0 Å². The number of benzene rings is 1. The Morgan fingerprint density at radius 3 is 2.81 bits per heavy atom. The molecule has 142 valence electrons. The first-order chi connectivity index (χ1) is 13.0. The SMILES string of the molecule is CCCn1c(SCC(=O)Nc2cccc(Cl)c2Cl)nnc1-c1ccoc1C. The Labute approximate surface area is 171 Å². The van der Waals surface area contributed by atoms with Crippen molar-refractivity contribution in [2.45, 2.75) is 32.0 Å². The quantitative estimate of drug-likeness (QED) is 0.521. The molecule has 1 aromatic carbocycles. The number of nitrogens with zero attached hydrogens (tertiary/aromatic N) is 3. The largest absolute Gasteiger partial charge is 0.469 e. The number of carbonyl (C=O) groups excluding carboxylic acids is 1. The molecule has 3 rings (SSSR count). The standard InChI is InChI=1S/C18H18Cl2N4O2S/c1-3-8-24-17(12-7-9-26-11(12)2)22-23-18(24)27-10-15(25)21-14-6-4-5-13(19)16(14)20/h4-7,9H,3,8,10H2,1-2H3,(H,21,25). The minimum Gasteiger partial charge on any atom is -0.469 e. The molecule has 0 aliphatic rings. The van der Waals surface area contributed by atoms with Gasteiger partial charge in [0.05, 0.1) is 33.3 Å². The van der Waals surface area contributed by atoms with Crippen LogP contribution < -0.4 is 5.32 Å². The smallest absolute Gasteiger partial charge is 0.234 e. The fourth-order valence-electron chi connectivity index (χ4n) is 2.55. The summed E-state index contributed by atoms with van der Waals surface area (Å²) in [5.41, 5.74) is 1.39. The summed E-state index contributed by atoms with van der Waals surface area (Å²) < 4.78 is 7.37. The molecule has 27 heavy (non-hydrogen) atoms. The summed E-state index contributed by atoms with van der Waals surface area (Å²) in [5, 5.41) is 12.7. The molecule has 2 aromatic heterocycles. The zero-order valence-electron chi connectivity index (χ0n) is 14.8. The Balaban J connectivity index is 1.72. The number of thioether (sulfide) groups is 1. The zero-order valence-corrected chi connectivity index (χ0v) is 17.2. The number of halogens is 2. The molecule has 1 N–H and O–H groups in total. The molecule has 0 aliphatic heterocycles. The summed E-state index contributed by atoms with van der Waals surface area (Å²) in [7, 11) is 0. The molecule has 0 saturated carbocycles. The first kappa shape index (κ1) is 19.8. The molecule has 3 aromatic rings. The van der Waals surface area contributed by atoms with E-state index in [0.717, 1.165) is 30.1 Å². The fraction of sp³-hybridized carbons (Fsp3) is 0.278. The van der Waals surface area contributed by atoms with Crippen molar-refractivity contribution in [3.8, 4) is 11.4 Å². The molecule has 6 nitrogen and oxygen atoms in total. The van der Waals surface area contributed by atoms with Crippen LogP contribution in [0, 0.1) is 6.92 Å². The van der Waals surface area contributed by atoms with E-state index in [1.165, 1.54) is 11.8 Å². The van der Waals surface area contributed by atoms with Crippen molar-refractivity contribution in [2.24, 2.45) is 0 Å². The number of aromatic nitrogens is 3. The van der Waals surface area contributed by atoms with Crippen LogP contribution in [-0.2, 0) is 11.3 Å². The molecule has 0 fully saturated rings. The maximum atomic E-state index is 12.3. The Hall–Kier alpha value is -1.96. The van der Waals surface area contributed by atoms with Crippen LogP contribution in [0.5, 0.6) is 0 Å². The highest BCUT2D eigenvalue weighted by Crippen LogP contribution is 2.30. The highest BCUT2D eigenvalue weighted by atomic mass is 35.5. The van der Waals surface area contributed by atoms with Crippen LogP contribution in [0.25, 0.3) is 11.4 Å². The lowest BCUT2D eigenvalue weighted by Gasteiger charge is -2.09. The number of rotatable bonds is 7. The number of hydrogen-bond acceptors (Lipinski definition) is 5. The van der Waals surface area contributed by atoms with Gasteiger partial charge in [-0.3, -0.25) is 4.79 Å². The molecule has 2 heterocycles. The van der Waals surface area contributed by atoms with E-state index in [4.69, 9.17) is 27.6 Å². The summed E-state index contributed by atoms with van der Waals surface area (Å²) in [4.78, 5) is 12.3. The van der Waals surface area contributed by atoms with Gasteiger partial charge < -0.3 is 14.3 Å². The third-order valence-electron chi connectivity index (χ3n) is 3.82. The van der Waals surface area contributed by atoms with Gasteiger partial charge in [0.1, 0.15) is 5.76 Å². The van der Waals surface area contributed by atoms with Crippen molar-refractivity contribution in [3.63, 3.8) is 0 Å². The molecule has 0 bridgehead atoms. The second-order valence-corrected chi connectivity index (χ2v) is 7.51. The van der Waals surface area contributed by atoms with Gasteiger partial charge in [0, 0.05) is 6.54 Å². The lowest BCUT2D eigenvalue weighted by Crippen LogP contribution is -2.15. The van der Waals surface area contributed by atoms with E-state index in [-0.39, 0.29) is 11.7 Å². The van der Waals surface area contributed by atoms with Crippen molar-refractivity contribution in [1.29, 1.82) is 0 Å². The van der Waals surface area contributed by atoms with Gasteiger partial charge in [0.15, 0.2) is 11.0 Å². The van der Waals surface area contributed by atoms with Crippen LogP contribution in [0.3, 0.4) is 0 Å². The van der Waals surface area contributed by atoms with Gasteiger partial charge in [-0.05, 0) is 31.5 Å². The number of furan rings is 1. The monoisotopic (exact) mass is 424 g/mol. The number of hydrogen-bond donors (Lipinski definition) is 1. The molecular formula is C18H18Cl2N4O2S. The van der Waals surface area contributed by atoms with Crippen LogP contribution in [-0.4, -0.2) is 26.4 Å². The lowest BCUT2D eigenvalue weighted by atomic mass is 10.2. The molecule has 0 spiro atoms. The van der Waals surface area contributed by atoms with Gasteiger partial charge in [-0.15, -0.1) is 10.2 Å². The minimum atomic E-state index is -0.198. The maximum absolute atomic E-state index is 12.3. The van der Waals surface area contributed by atoms with Crippen molar-refractivity contribution < 1.29 is 9.21 Å². The van der Waals surface area contributed by atoms with E-state index in [9.17, 15) is 4.79 Å². The Morgan fingerprint density at radius 1 is 1.30 bits per heavy atom. The third-order valence-corrected chi connectivity index (χ3v) is 5.61. The second-order valence-electron chi connectivity index (χ2n) is 5.79. The van der Waals surface area contributed by atoms with Crippen LogP contribution in [0.15, 0.2) is 40.1 Å². The fourth-order valence-corrected chi connectivity index (χ4v) is 3.67. The van der Waals surface area contributed by atoms with E-state index < -0.39 is 0 Å². The summed E-state index contributed by atoms with van der Waals surface area (Å²) in [6.45, 7) is 4.71. The van der Waals surface area contributed by atoms with Crippen LogP contribution in [0.2, 0.25) is 10.0 Å². The highest BCUT2D eigenvalue weighted by Gasteiger charge is 2.18. The highest BCUT2D eigenvalue weighted by molar-refractivity contribution is 7.99. The summed E-state index contributed by atoms with van der Waals surface area (Å²) in [6.07, 6.45) is 2.55. The molecular weight excluding hydrogens is 407 g/mol. The third kappa shape index (κ3) is 4.48. The number of anilines is 1. The number of carbonyl (C=O) groups is 1. The van der Waals surface area contributed by atoms with Crippen LogP contribution in [0.1, 0.15) is 19.1 Å². The van der Waals surface area contributed by atoms with E-state index in [1.54, 1.807) is 24.5 Å². The van der Waals surface area contributed by atoms with E-state index in [1.807, 2.05) is 17.6 Å². The minimum absolute atomic E-state index is 0.176. The molecule has 9 heteroatoms. The average molecular weight is 425 g/mol. The predicted octanol–water partition coefficient (Wildman–Crippen LogP) is 5.29.